The number of amides is 2. The first-order chi connectivity index (χ1) is 16.8. The topological polar surface area (TPSA) is 111 Å². The van der Waals surface area contributed by atoms with Gasteiger partial charge in [-0.3, -0.25) is 14.5 Å². The number of imide groups is 1. The van der Waals surface area contributed by atoms with Gasteiger partial charge in [0.2, 0.25) is 11.8 Å². The lowest BCUT2D eigenvalue weighted by molar-refractivity contribution is -0.140. The molecule has 0 bridgehead atoms. The maximum Gasteiger partial charge on any atom is 0.233 e. The summed E-state index contributed by atoms with van der Waals surface area (Å²) < 4.78 is 5.61. The van der Waals surface area contributed by atoms with E-state index in [-0.39, 0.29) is 30.9 Å². The Morgan fingerprint density at radius 2 is 1.89 bits per heavy atom. The molecule has 35 heavy (non-hydrogen) atoms. The van der Waals surface area contributed by atoms with Gasteiger partial charge < -0.3 is 19.7 Å². The second-order valence-electron chi connectivity index (χ2n) is 10.2. The van der Waals surface area contributed by atoms with Crippen molar-refractivity contribution >= 4 is 17.9 Å². The van der Waals surface area contributed by atoms with Crippen molar-refractivity contribution in [3.05, 3.63) is 40.4 Å². The smallest absolute Gasteiger partial charge is 0.233 e. The fourth-order valence-electron chi connectivity index (χ4n) is 5.78. The number of hydrogen-bond donors (Lipinski definition) is 3. The quantitative estimate of drug-likeness (QED) is 0.303. The lowest BCUT2D eigenvalue weighted by Crippen LogP contribution is -2.40. The minimum Gasteiger partial charge on any atom is -0.459 e. The molecule has 194 valence electrons. The van der Waals surface area contributed by atoms with Crippen LogP contribution in [0.2, 0.25) is 0 Å². The average molecular weight is 488 g/mol. The number of furan rings is 1. The van der Waals surface area contributed by atoms with Crippen molar-refractivity contribution in [3.63, 3.8) is 0 Å². The van der Waals surface area contributed by atoms with Gasteiger partial charge in [-0.05, 0) is 61.8 Å². The van der Waals surface area contributed by atoms with Crippen molar-refractivity contribution in [2.45, 2.75) is 78.9 Å². The lowest BCUT2D eigenvalue weighted by Gasteiger charge is -2.38. The predicted molar refractivity (Wildman–Crippen MR) is 134 cm³/mol. The van der Waals surface area contributed by atoms with E-state index in [1.54, 1.807) is 6.07 Å². The molecule has 1 aliphatic heterocycles. The van der Waals surface area contributed by atoms with Crippen LogP contribution in [-0.2, 0) is 16.2 Å². The molecule has 2 aliphatic rings. The molecule has 1 aromatic rings. The van der Waals surface area contributed by atoms with E-state index in [0.717, 1.165) is 29.6 Å². The first-order valence-electron chi connectivity index (χ1n) is 13.0. The van der Waals surface area contributed by atoms with Crippen molar-refractivity contribution in [1.82, 2.24) is 4.90 Å². The molecular weight excluding hydrogens is 446 g/mol. The Kier molecular flexibility index (Phi) is 9.50. The molecule has 3 N–H and O–H groups in total. The molecule has 1 saturated heterocycles. The Hall–Kier alpha value is -2.22. The van der Waals surface area contributed by atoms with E-state index in [1.165, 1.54) is 4.90 Å². The van der Waals surface area contributed by atoms with Crippen LogP contribution in [0.15, 0.2) is 33.3 Å². The van der Waals surface area contributed by atoms with Crippen molar-refractivity contribution in [1.29, 1.82) is 0 Å². The molecule has 1 aromatic heterocycles. The van der Waals surface area contributed by atoms with Crippen LogP contribution >= 0.6 is 0 Å². The Labute approximate surface area is 208 Å². The number of carbonyl (C=O) groups excluding carboxylic acids is 2. The van der Waals surface area contributed by atoms with Crippen molar-refractivity contribution in [2.75, 3.05) is 13.2 Å². The minimum atomic E-state index is -0.807. The van der Waals surface area contributed by atoms with Gasteiger partial charge in [-0.25, -0.2) is 0 Å². The number of aliphatic hydroxyl groups excluding tert-OH is 3. The molecule has 0 spiro atoms. The Morgan fingerprint density at radius 1 is 1.14 bits per heavy atom. The summed E-state index contributed by atoms with van der Waals surface area (Å²) >= 11 is 0. The molecule has 4 atom stereocenters. The van der Waals surface area contributed by atoms with E-state index in [2.05, 4.69) is 6.92 Å². The first kappa shape index (κ1) is 27.4. The van der Waals surface area contributed by atoms with Crippen molar-refractivity contribution in [2.24, 2.45) is 23.7 Å². The Balaban J connectivity index is 1.86. The SMILES string of the molecule is CCC/C(=C\c1ccc(CO)o1)CC[C@@H](O)C1=C(C(C)C)C[C@H]2C(=O)N(CCC)C(=O)[C@H]2[C@H]1CO. The summed E-state index contributed by atoms with van der Waals surface area (Å²) in [7, 11) is 0. The second-order valence-corrected chi connectivity index (χ2v) is 10.2. The fourth-order valence-corrected chi connectivity index (χ4v) is 5.78. The molecule has 1 aliphatic carbocycles. The fraction of sp³-hybridized carbons (Fsp3) is 0.643. The highest BCUT2D eigenvalue weighted by Gasteiger charge is 2.54. The maximum atomic E-state index is 13.2. The number of allylic oxidation sites excluding steroid dienone is 2. The number of rotatable bonds is 12. The van der Waals surface area contributed by atoms with Crippen LogP contribution in [0.25, 0.3) is 6.08 Å². The minimum absolute atomic E-state index is 0.100. The van der Waals surface area contributed by atoms with E-state index in [0.29, 0.717) is 43.7 Å². The third kappa shape index (κ3) is 5.79. The van der Waals surface area contributed by atoms with Crippen LogP contribution < -0.4 is 0 Å². The average Bonchev–Trinajstić information content (AvgIpc) is 3.39. The highest BCUT2D eigenvalue weighted by atomic mass is 16.4. The highest BCUT2D eigenvalue weighted by molar-refractivity contribution is 6.05. The van der Waals surface area contributed by atoms with Gasteiger partial charge in [0.1, 0.15) is 18.1 Å². The highest BCUT2D eigenvalue weighted by Crippen LogP contribution is 2.48. The Bertz CT molecular complexity index is 958. The number of hydrogen-bond acceptors (Lipinski definition) is 6. The summed E-state index contributed by atoms with van der Waals surface area (Å²) in [5.41, 5.74) is 2.88. The molecule has 7 heteroatoms. The van der Waals surface area contributed by atoms with Crippen LogP contribution in [0.3, 0.4) is 0 Å². The monoisotopic (exact) mass is 487 g/mol. The summed E-state index contributed by atoms with van der Waals surface area (Å²) in [6, 6.07) is 3.57. The molecule has 3 rings (SSSR count). The summed E-state index contributed by atoms with van der Waals surface area (Å²) in [6.45, 7) is 8.10. The molecule has 2 heterocycles. The van der Waals surface area contributed by atoms with Crippen LogP contribution in [0.5, 0.6) is 0 Å². The van der Waals surface area contributed by atoms with E-state index >= 15 is 0 Å². The predicted octanol–water partition coefficient (Wildman–Crippen LogP) is 4.07. The van der Waals surface area contributed by atoms with E-state index in [9.17, 15) is 24.9 Å². The first-order valence-corrected chi connectivity index (χ1v) is 13.0. The number of aliphatic hydroxyl groups is 3. The molecule has 1 fully saturated rings. The summed E-state index contributed by atoms with van der Waals surface area (Å²) in [6.07, 6.45) is 5.22. The van der Waals surface area contributed by atoms with Gasteiger partial charge in [0.05, 0.1) is 24.5 Å². The van der Waals surface area contributed by atoms with E-state index in [1.807, 2.05) is 32.9 Å². The van der Waals surface area contributed by atoms with Gasteiger partial charge in [0.15, 0.2) is 0 Å². The molecule has 7 nitrogen and oxygen atoms in total. The van der Waals surface area contributed by atoms with Crippen LogP contribution in [0.4, 0.5) is 0 Å². The molecule has 0 saturated carbocycles. The maximum absolute atomic E-state index is 13.2. The molecule has 2 amide bonds. The van der Waals surface area contributed by atoms with E-state index in [4.69, 9.17) is 4.42 Å². The van der Waals surface area contributed by atoms with E-state index < -0.39 is 23.9 Å². The van der Waals surface area contributed by atoms with Crippen molar-refractivity contribution in [3.8, 4) is 0 Å². The third-order valence-electron chi connectivity index (χ3n) is 7.41. The number of likely N-dealkylation sites (tertiary alicyclic amines) is 1. The molecular formula is C28H41NO6. The largest absolute Gasteiger partial charge is 0.459 e. The van der Waals surface area contributed by atoms with Gasteiger partial charge >= 0.3 is 0 Å². The Morgan fingerprint density at radius 3 is 2.46 bits per heavy atom. The van der Waals surface area contributed by atoms with Gasteiger partial charge in [-0.2, -0.15) is 0 Å². The normalized spacial score (nSPS) is 24.1. The molecule has 0 aromatic carbocycles. The van der Waals surface area contributed by atoms with Gasteiger partial charge in [-0.1, -0.05) is 45.3 Å². The zero-order valence-corrected chi connectivity index (χ0v) is 21.5. The summed E-state index contributed by atoms with van der Waals surface area (Å²) in [4.78, 5) is 27.6. The molecule has 0 unspecified atom stereocenters. The van der Waals surface area contributed by atoms with Crippen LogP contribution in [0.1, 0.15) is 77.7 Å². The van der Waals surface area contributed by atoms with Gasteiger partial charge in [-0.15, -0.1) is 0 Å². The lowest BCUT2D eigenvalue weighted by atomic mass is 9.66. The standard InChI is InChI=1S/C28H41NO6/c1-5-7-18(13-19-9-10-20(15-30)35-19)8-11-24(32)25-21(17(3)4)14-22-26(23(25)16-31)28(34)29(12-6-2)27(22)33/h9-10,13,17,22-24,26,30-32H,5-8,11-12,14-16H2,1-4H3/b18-13+/t22-,23+,24-,26-/m1/s1. The van der Waals surface area contributed by atoms with Crippen molar-refractivity contribution < 1.29 is 29.3 Å². The van der Waals surface area contributed by atoms with Gasteiger partial charge in [0.25, 0.3) is 0 Å². The van der Waals surface area contributed by atoms with Crippen LogP contribution in [0, 0.1) is 23.7 Å². The summed E-state index contributed by atoms with van der Waals surface area (Å²) in [5, 5.41) is 31.0. The number of nitrogens with zero attached hydrogens (tertiary/aromatic N) is 1. The zero-order valence-electron chi connectivity index (χ0n) is 21.5. The number of fused-ring (bicyclic) bond motifs is 1. The molecule has 0 radical (unpaired) electrons. The number of carbonyl (C=O) groups is 2. The van der Waals surface area contributed by atoms with Gasteiger partial charge in [0, 0.05) is 12.5 Å². The second kappa shape index (κ2) is 12.2. The summed E-state index contributed by atoms with van der Waals surface area (Å²) in [5.74, 6) is -0.660. The zero-order chi connectivity index (χ0) is 25.7. The third-order valence-corrected chi connectivity index (χ3v) is 7.41. The van der Waals surface area contributed by atoms with Crippen LogP contribution in [-0.4, -0.2) is 51.3 Å².